The highest BCUT2D eigenvalue weighted by Gasteiger charge is 2.15. The van der Waals surface area contributed by atoms with Gasteiger partial charge in [0.25, 0.3) is 0 Å². The molecule has 0 amide bonds. The van der Waals surface area contributed by atoms with Gasteiger partial charge in [0.05, 0.1) is 15.8 Å². The predicted molar refractivity (Wildman–Crippen MR) is 79.1 cm³/mol. The largest absolute Gasteiger partial charge is 0.316 e. The number of thiophene rings is 1. The molecule has 0 radical (unpaired) electrons. The van der Waals surface area contributed by atoms with Crippen LogP contribution < -0.4 is 5.32 Å². The Balaban J connectivity index is 1.98. The van der Waals surface area contributed by atoms with Crippen LogP contribution in [0.15, 0.2) is 12.1 Å². The highest BCUT2D eigenvalue weighted by Crippen LogP contribution is 2.22. The molecule has 100 valence electrons. The molecule has 4 heteroatoms. The molecule has 0 unspecified atom stereocenters. The Kier molecular flexibility index (Phi) is 6.70. The normalized spacial score (nSPS) is 11.4. The SMILES string of the molecule is CC(C)(C#N)CCCCNCCc1ccc(Cl)s1. The summed E-state index contributed by atoms with van der Waals surface area (Å²) in [7, 11) is 0. The fourth-order valence-corrected chi connectivity index (χ4v) is 2.78. The van der Waals surface area contributed by atoms with Gasteiger partial charge in [0.15, 0.2) is 0 Å². The van der Waals surface area contributed by atoms with Crippen LogP contribution in [0.5, 0.6) is 0 Å². The first-order valence-corrected chi connectivity index (χ1v) is 7.59. The molecule has 0 atom stereocenters. The van der Waals surface area contributed by atoms with E-state index in [4.69, 9.17) is 16.9 Å². The van der Waals surface area contributed by atoms with E-state index >= 15 is 0 Å². The van der Waals surface area contributed by atoms with Crippen LogP contribution in [0, 0.1) is 16.7 Å². The van der Waals surface area contributed by atoms with Gasteiger partial charge >= 0.3 is 0 Å². The maximum atomic E-state index is 8.89. The zero-order chi connectivity index (χ0) is 13.4. The van der Waals surface area contributed by atoms with Gasteiger partial charge in [-0.1, -0.05) is 18.0 Å². The average Bonchev–Trinajstić information content (AvgIpc) is 2.74. The number of halogens is 1. The first-order chi connectivity index (χ1) is 8.53. The zero-order valence-electron chi connectivity index (χ0n) is 11.1. The van der Waals surface area contributed by atoms with Crippen LogP contribution in [0.3, 0.4) is 0 Å². The Morgan fingerprint density at radius 1 is 1.33 bits per heavy atom. The van der Waals surface area contributed by atoms with Gasteiger partial charge < -0.3 is 5.32 Å². The smallest absolute Gasteiger partial charge is 0.0931 e. The quantitative estimate of drug-likeness (QED) is 0.724. The molecule has 2 nitrogen and oxygen atoms in total. The highest BCUT2D eigenvalue weighted by molar-refractivity contribution is 7.16. The van der Waals surface area contributed by atoms with Crippen molar-refractivity contribution in [2.75, 3.05) is 13.1 Å². The van der Waals surface area contributed by atoms with Gasteiger partial charge in [-0.3, -0.25) is 0 Å². The third-order valence-corrected chi connectivity index (χ3v) is 4.18. The van der Waals surface area contributed by atoms with Crippen molar-refractivity contribution in [1.82, 2.24) is 5.32 Å². The van der Waals surface area contributed by atoms with E-state index in [2.05, 4.69) is 17.5 Å². The summed E-state index contributed by atoms with van der Waals surface area (Å²) in [6.45, 7) is 6.03. The molecule has 0 aliphatic carbocycles. The topological polar surface area (TPSA) is 35.8 Å². The molecule has 18 heavy (non-hydrogen) atoms. The summed E-state index contributed by atoms with van der Waals surface area (Å²) < 4.78 is 0.865. The van der Waals surface area contributed by atoms with Crippen LogP contribution in [0.25, 0.3) is 0 Å². The molecular weight excluding hydrogens is 264 g/mol. The van der Waals surface area contributed by atoms with Crippen LogP contribution in [0.4, 0.5) is 0 Å². The molecule has 0 saturated carbocycles. The number of nitrogens with one attached hydrogen (secondary N) is 1. The van der Waals surface area contributed by atoms with Gasteiger partial charge in [0, 0.05) is 4.88 Å². The van der Waals surface area contributed by atoms with E-state index in [0.29, 0.717) is 0 Å². The fraction of sp³-hybridized carbons (Fsp3) is 0.643. The monoisotopic (exact) mass is 284 g/mol. The lowest BCUT2D eigenvalue weighted by Crippen LogP contribution is -2.18. The Morgan fingerprint density at radius 3 is 2.72 bits per heavy atom. The molecule has 1 aromatic heterocycles. The number of nitrogens with zero attached hydrogens (tertiary/aromatic N) is 1. The molecule has 0 aliphatic rings. The predicted octanol–water partition coefficient (Wildman–Crippen LogP) is 4.25. The fourth-order valence-electron chi connectivity index (χ4n) is 1.70. The summed E-state index contributed by atoms with van der Waals surface area (Å²) in [4.78, 5) is 1.33. The zero-order valence-corrected chi connectivity index (χ0v) is 12.7. The van der Waals surface area contributed by atoms with Crippen molar-refractivity contribution < 1.29 is 0 Å². The summed E-state index contributed by atoms with van der Waals surface area (Å²) in [5.41, 5.74) is -0.173. The molecular formula is C14H21ClN2S. The van der Waals surface area contributed by atoms with E-state index in [1.54, 1.807) is 11.3 Å². The van der Waals surface area contributed by atoms with Crippen LogP contribution in [0.1, 0.15) is 38.0 Å². The minimum Gasteiger partial charge on any atom is -0.316 e. The van der Waals surface area contributed by atoms with Gasteiger partial charge in [-0.25, -0.2) is 0 Å². The number of hydrogen-bond donors (Lipinski definition) is 1. The van der Waals surface area contributed by atoms with Crippen molar-refractivity contribution in [3.8, 4) is 6.07 Å². The van der Waals surface area contributed by atoms with Crippen molar-refractivity contribution in [2.24, 2.45) is 5.41 Å². The molecule has 0 spiro atoms. The van der Waals surface area contributed by atoms with E-state index in [0.717, 1.165) is 43.1 Å². The second-order valence-corrected chi connectivity index (χ2v) is 6.96. The number of hydrogen-bond acceptors (Lipinski definition) is 3. The lowest BCUT2D eigenvalue weighted by Gasteiger charge is -2.14. The molecule has 1 heterocycles. The first kappa shape index (κ1) is 15.5. The minimum atomic E-state index is -0.173. The number of unbranched alkanes of at least 4 members (excludes halogenated alkanes) is 1. The van der Waals surface area contributed by atoms with E-state index in [1.165, 1.54) is 4.88 Å². The van der Waals surface area contributed by atoms with Gasteiger partial charge in [-0.2, -0.15) is 5.26 Å². The molecule has 0 fully saturated rings. The lowest BCUT2D eigenvalue weighted by molar-refractivity contribution is 0.423. The van der Waals surface area contributed by atoms with Crippen LogP contribution in [-0.4, -0.2) is 13.1 Å². The molecule has 0 bridgehead atoms. The van der Waals surface area contributed by atoms with Crippen molar-refractivity contribution in [2.45, 2.75) is 39.5 Å². The highest BCUT2D eigenvalue weighted by atomic mass is 35.5. The Labute approximate surface area is 119 Å². The Hall–Kier alpha value is -0.560. The molecule has 1 rings (SSSR count). The lowest BCUT2D eigenvalue weighted by atomic mass is 9.89. The summed E-state index contributed by atoms with van der Waals surface area (Å²) in [6, 6.07) is 6.37. The summed E-state index contributed by atoms with van der Waals surface area (Å²) in [6.07, 6.45) is 4.27. The third-order valence-electron chi connectivity index (χ3n) is 2.89. The van der Waals surface area contributed by atoms with E-state index in [-0.39, 0.29) is 5.41 Å². The molecule has 0 aliphatic heterocycles. The van der Waals surface area contributed by atoms with E-state index < -0.39 is 0 Å². The van der Waals surface area contributed by atoms with E-state index in [9.17, 15) is 0 Å². The van der Waals surface area contributed by atoms with Gasteiger partial charge in [0.1, 0.15) is 0 Å². The molecule has 0 aromatic carbocycles. The average molecular weight is 285 g/mol. The second kappa shape index (κ2) is 7.78. The standard InChI is InChI=1S/C14H21ClN2S/c1-14(2,11-16)8-3-4-9-17-10-7-12-5-6-13(15)18-12/h5-6,17H,3-4,7-10H2,1-2H3. The van der Waals surface area contributed by atoms with Crippen LogP contribution in [-0.2, 0) is 6.42 Å². The van der Waals surface area contributed by atoms with Gasteiger partial charge in [-0.15, -0.1) is 11.3 Å². The molecule has 0 saturated heterocycles. The second-order valence-electron chi connectivity index (χ2n) is 5.16. The van der Waals surface area contributed by atoms with E-state index in [1.807, 2.05) is 19.9 Å². The van der Waals surface area contributed by atoms with Crippen molar-refractivity contribution in [3.63, 3.8) is 0 Å². The van der Waals surface area contributed by atoms with Crippen molar-refractivity contribution >= 4 is 22.9 Å². The van der Waals surface area contributed by atoms with Crippen molar-refractivity contribution in [3.05, 3.63) is 21.3 Å². The van der Waals surface area contributed by atoms with Crippen molar-refractivity contribution in [1.29, 1.82) is 5.26 Å². The minimum absolute atomic E-state index is 0.173. The summed E-state index contributed by atoms with van der Waals surface area (Å²) in [5.74, 6) is 0. The first-order valence-electron chi connectivity index (χ1n) is 6.40. The van der Waals surface area contributed by atoms with Crippen LogP contribution >= 0.6 is 22.9 Å². The van der Waals surface area contributed by atoms with Crippen LogP contribution in [0.2, 0.25) is 4.34 Å². The summed E-state index contributed by atoms with van der Waals surface area (Å²) >= 11 is 7.52. The third kappa shape index (κ3) is 6.39. The molecule has 1 N–H and O–H groups in total. The number of nitriles is 1. The Bertz CT molecular complexity index is 393. The molecule has 1 aromatic rings. The Morgan fingerprint density at radius 2 is 2.11 bits per heavy atom. The van der Waals surface area contributed by atoms with Gasteiger partial charge in [-0.05, 0) is 58.3 Å². The summed E-state index contributed by atoms with van der Waals surface area (Å²) in [5, 5.41) is 12.3. The van der Waals surface area contributed by atoms with Gasteiger partial charge in [0.2, 0.25) is 0 Å². The maximum absolute atomic E-state index is 8.89. The maximum Gasteiger partial charge on any atom is 0.0931 e. The number of rotatable bonds is 8.